The Morgan fingerprint density at radius 2 is 1.72 bits per heavy atom. The second-order valence-electron chi connectivity index (χ2n) is 7.01. The third kappa shape index (κ3) is 7.37. The molecule has 10 heteroatoms. The van der Waals surface area contributed by atoms with E-state index in [2.05, 4.69) is 10.6 Å². The van der Waals surface area contributed by atoms with Gasteiger partial charge in [-0.1, -0.05) is 12.1 Å². The summed E-state index contributed by atoms with van der Waals surface area (Å²) in [6.45, 7) is 1.44. The molecule has 1 saturated carbocycles. The molecule has 2 N–H and O–H groups in total. The third-order valence-electron chi connectivity index (χ3n) is 4.34. The number of halogens is 3. The number of anilines is 1. The fourth-order valence-electron chi connectivity index (χ4n) is 2.71. The summed E-state index contributed by atoms with van der Waals surface area (Å²) < 4.78 is 39.1. The van der Waals surface area contributed by atoms with Crippen LogP contribution in [0.4, 0.5) is 18.9 Å². The molecule has 3 amide bonds. The molecule has 160 valence electrons. The molecule has 0 unspecified atom stereocenters. The summed E-state index contributed by atoms with van der Waals surface area (Å²) in [5, 5.41) is 5.04. The van der Waals surface area contributed by atoms with Gasteiger partial charge in [0.25, 0.3) is 0 Å². The number of para-hydroxylation sites is 1. The normalized spacial score (nSPS) is 13.9. The van der Waals surface area contributed by atoms with Gasteiger partial charge >= 0.3 is 6.18 Å². The number of hydrogen-bond acceptors (Lipinski definition) is 4. The number of benzene rings is 1. The highest BCUT2D eigenvalue weighted by atomic mass is 19.4. The number of carbonyl (C=O) groups is 3. The first kappa shape index (κ1) is 22.7. The maximum atomic E-state index is 13.0. The smallest absolute Gasteiger partial charge is 0.352 e. The number of likely N-dealkylation sites (N-methyl/N-ethyl adjacent to an activating group) is 2. The van der Waals surface area contributed by atoms with Crippen LogP contribution in [0, 0.1) is 0 Å². The Balaban J connectivity index is 1.88. The van der Waals surface area contributed by atoms with Gasteiger partial charge < -0.3 is 15.5 Å². The van der Waals surface area contributed by atoms with Crippen LogP contribution in [0.2, 0.25) is 0 Å². The van der Waals surface area contributed by atoms with Gasteiger partial charge in [0.1, 0.15) is 0 Å². The Hall–Kier alpha value is -2.62. The quantitative estimate of drug-likeness (QED) is 0.645. The number of hydrogen-bond donors (Lipinski definition) is 2. The number of nitrogens with one attached hydrogen (secondary N) is 2. The molecule has 1 aromatic rings. The first-order chi connectivity index (χ1) is 13.6. The van der Waals surface area contributed by atoms with E-state index >= 15 is 0 Å². The van der Waals surface area contributed by atoms with Crippen LogP contribution in [0.3, 0.4) is 0 Å². The molecule has 0 bridgehead atoms. The molecule has 29 heavy (non-hydrogen) atoms. The molecule has 0 aromatic heterocycles. The number of carbonyl (C=O) groups excluding carboxylic acids is 3. The zero-order valence-corrected chi connectivity index (χ0v) is 16.4. The van der Waals surface area contributed by atoms with E-state index in [0.717, 1.165) is 25.0 Å². The molecule has 0 saturated heterocycles. The van der Waals surface area contributed by atoms with E-state index in [4.69, 9.17) is 0 Å². The Labute approximate surface area is 167 Å². The zero-order chi connectivity index (χ0) is 21.6. The fraction of sp³-hybridized carbons (Fsp3) is 0.526. The molecule has 0 spiro atoms. The van der Waals surface area contributed by atoms with Crippen LogP contribution in [0.1, 0.15) is 25.3 Å². The highest BCUT2D eigenvalue weighted by Gasteiger charge is 2.33. The van der Waals surface area contributed by atoms with E-state index in [9.17, 15) is 27.6 Å². The van der Waals surface area contributed by atoms with Crippen LogP contribution in [0.25, 0.3) is 0 Å². The van der Waals surface area contributed by atoms with Crippen LogP contribution in [-0.4, -0.2) is 66.8 Å². The molecule has 1 aliphatic rings. The number of amides is 3. The largest absolute Gasteiger partial charge is 0.418 e. The Bertz CT molecular complexity index is 750. The van der Waals surface area contributed by atoms with Crippen LogP contribution >= 0.6 is 0 Å². The average molecular weight is 414 g/mol. The van der Waals surface area contributed by atoms with E-state index in [1.165, 1.54) is 21.9 Å². The molecule has 7 nitrogen and oxygen atoms in total. The summed E-state index contributed by atoms with van der Waals surface area (Å²) in [5.41, 5.74) is -1.31. The van der Waals surface area contributed by atoms with E-state index in [1.54, 1.807) is 14.0 Å². The minimum Gasteiger partial charge on any atom is -0.352 e. The van der Waals surface area contributed by atoms with Gasteiger partial charge in [0.15, 0.2) is 0 Å². The van der Waals surface area contributed by atoms with Crippen molar-refractivity contribution in [3.8, 4) is 0 Å². The predicted octanol–water partition coefficient (Wildman–Crippen LogP) is 1.70. The number of alkyl halides is 3. The maximum absolute atomic E-state index is 13.0. The predicted molar refractivity (Wildman–Crippen MR) is 101 cm³/mol. The molecule has 0 aliphatic heterocycles. The molecule has 1 aromatic carbocycles. The molecule has 1 fully saturated rings. The molecule has 2 rings (SSSR count). The molecule has 0 atom stereocenters. The monoisotopic (exact) mass is 414 g/mol. The van der Waals surface area contributed by atoms with Crippen LogP contribution in [0.15, 0.2) is 24.3 Å². The molecule has 0 heterocycles. The lowest BCUT2D eigenvalue weighted by atomic mass is 10.1. The summed E-state index contributed by atoms with van der Waals surface area (Å²) in [6, 6.07) is 4.87. The van der Waals surface area contributed by atoms with Crippen LogP contribution in [0.5, 0.6) is 0 Å². The molecule has 1 aliphatic carbocycles. The molecular formula is C19H25F3N4O3. The van der Waals surface area contributed by atoms with Crippen molar-refractivity contribution in [2.45, 2.75) is 32.0 Å². The minimum atomic E-state index is -4.60. The van der Waals surface area contributed by atoms with Gasteiger partial charge in [0.2, 0.25) is 17.7 Å². The van der Waals surface area contributed by atoms with Crippen molar-refractivity contribution in [2.75, 3.05) is 38.5 Å². The summed E-state index contributed by atoms with van der Waals surface area (Å²) in [4.78, 5) is 39.1. The van der Waals surface area contributed by atoms with Crippen molar-refractivity contribution in [1.29, 1.82) is 0 Å². The van der Waals surface area contributed by atoms with E-state index in [-0.39, 0.29) is 43.8 Å². The van der Waals surface area contributed by atoms with E-state index < -0.39 is 23.6 Å². The van der Waals surface area contributed by atoms with Gasteiger partial charge in [-0.2, -0.15) is 13.2 Å². The lowest BCUT2D eigenvalue weighted by Gasteiger charge is -2.24. The average Bonchev–Trinajstić information content (AvgIpc) is 3.42. The van der Waals surface area contributed by atoms with Crippen molar-refractivity contribution in [2.24, 2.45) is 0 Å². The Morgan fingerprint density at radius 1 is 1.07 bits per heavy atom. The topological polar surface area (TPSA) is 81.8 Å². The standard InChI is InChI=1S/C19H25F3N4O3/c1-3-26(18(29)12-25(2)10-16(27)23-13-8-9-13)11-17(28)24-15-7-5-4-6-14(15)19(20,21)22/h4-7,13H,3,8-12H2,1-2H3,(H,23,27)(H,24,28). The summed E-state index contributed by atoms with van der Waals surface area (Å²) in [7, 11) is 1.61. The Morgan fingerprint density at radius 3 is 2.31 bits per heavy atom. The van der Waals surface area contributed by atoms with E-state index in [1.807, 2.05) is 0 Å². The van der Waals surface area contributed by atoms with Crippen molar-refractivity contribution >= 4 is 23.4 Å². The summed E-state index contributed by atoms with van der Waals surface area (Å²) in [5.74, 6) is -1.30. The summed E-state index contributed by atoms with van der Waals surface area (Å²) in [6.07, 6.45) is -2.68. The van der Waals surface area contributed by atoms with Crippen molar-refractivity contribution < 1.29 is 27.6 Å². The van der Waals surface area contributed by atoms with Crippen molar-refractivity contribution in [1.82, 2.24) is 15.1 Å². The van der Waals surface area contributed by atoms with Gasteiger partial charge in [-0.15, -0.1) is 0 Å². The van der Waals surface area contributed by atoms with Gasteiger partial charge in [-0.3, -0.25) is 19.3 Å². The summed E-state index contributed by atoms with van der Waals surface area (Å²) >= 11 is 0. The minimum absolute atomic E-state index is 0.0466. The first-order valence-corrected chi connectivity index (χ1v) is 9.32. The van der Waals surface area contributed by atoms with Crippen LogP contribution in [-0.2, 0) is 20.6 Å². The maximum Gasteiger partial charge on any atom is 0.418 e. The Kier molecular flexibility index (Phi) is 7.60. The van der Waals surface area contributed by atoms with Gasteiger partial charge in [-0.25, -0.2) is 0 Å². The number of rotatable bonds is 9. The zero-order valence-electron chi connectivity index (χ0n) is 16.4. The van der Waals surface area contributed by atoms with Gasteiger partial charge in [0.05, 0.1) is 30.9 Å². The van der Waals surface area contributed by atoms with Gasteiger partial charge in [-0.05, 0) is 38.9 Å². The third-order valence-corrected chi connectivity index (χ3v) is 4.34. The second kappa shape index (κ2) is 9.73. The lowest BCUT2D eigenvalue weighted by Crippen LogP contribution is -2.45. The molecular weight excluding hydrogens is 389 g/mol. The van der Waals surface area contributed by atoms with Crippen molar-refractivity contribution in [3.63, 3.8) is 0 Å². The first-order valence-electron chi connectivity index (χ1n) is 9.32. The van der Waals surface area contributed by atoms with E-state index in [0.29, 0.717) is 0 Å². The second-order valence-corrected chi connectivity index (χ2v) is 7.01. The lowest BCUT2D eigenvalue weighted by molar-refractivity contribution is -0.138. The van der Waals surface area contributed by atoms with Gasteiger partial charge in [0, 0.05) is 12.6 Å². The van der Waals surface area contributed by atoms with Crippen LogP contribution < -0.4 is 10.6 Å². The number of nitrogens with zero attached hydrogens (tertiary/aromatic N) is 2. The highest BCUT2D eigenvalue weighted by Crippen LogP contribution is 2.34. The fourth-order valence-corrected chi connectivity index (χ4v) is 2.71. The van der Waals surface area contributed by atoms with Crippen molar-refractivity contribution in [3.05, 3.63) is 29.8 Å². The SMILES string of the molecule is CCN(CC(=O)Nc1ccccc1C(F)(F)F)C(=O)CN(C)CC(=O)NC1CC1. The molecule has 0 radical (unpaired) electrons. The highest BCUT2D eigenvalue weighted by molar-refractivity contribution is 5.95.